The summed E-state index contributed by atoms with van der Waals surface area (Å²) in [5, 5.41) is 9.30. The fourth-order valence-corrected chi connectivity index (χ4v) is 3.08. The number of nitrogens with two attached hydrogens (primary N) is 1. The lowest BCUT2D eigenvalue weighted by Crippen LogP contribution is -2.12. The maximum atomic E-state index is 9.30. The average Bonchev–Trinajstić information content (AvgIpc) is 2.84. The van der Waals surface area contributed by atoms with Crippen LogP contribution in [0.4, 0.5) is 0 Å². The van der Waals surface area contributed by atoms with Gasteiger partial charge in [-0.1, -0.05) is 31.9 Å². The Kier molecular flexibility index (Phi) is 6.21. The summed E-state index contributed by atoms with van der Waals surface area (Å²) in [4.78, 5) is 4.74. The quantitative estimate of drug-likeness (QED) is 0.746. The summed E-state index contributed by atoms with van der Waals surface area (Å²) in [6, 6.07) is 8.15. The fourth-order valence-electron chi connectivity index (χ4n) is 3.08. The smallest absolute Gasteiger partial charge is 0.109 e. The number of aliphatic hydroxyl groups excluding tert-OH is 1. The van der Waals surface area contributed by atoms with Gasteiger partial charge in [-0.25, -0.2) is 4.98 Å². The van der Waals surface area contributed by atoms with Gasteiger partial charge in [0.05, 0.1) is 17.6 Å². The minimum atomic E-state index is 0.147. The van der Waals surface area contributed by atoms with Crippen molar-refractivity contribution in [3.05, 3.63) is 30.1 Å². The van der Waals surface area contributed by atoms with Crippen LogP contribution < -0.4 is 5.73 Å². The van der Waals surface area contributed by atoms with E-state index in [2.05, 4.69) is 17.6 Å². The number of fused-ring (bicyclic) bond motifs is 1. The normalized spacial score (nSPS) is 12.9. The molecule has 0 saturated heterocycles. The Bertz CT molecular complexity index is 544. The van der Waals surface area contributed by atoms with Gasteiger partial charge in [0, 0.05) is 13.0 Å². The molecule has 4 heteroatoms. The number of imidazole rings is 1. The Balaban J connectivity index is 2.14. The molecular formula is C17H27N3O. The molecule has 1 unspecified atom stereocenters. The molecule has 0 bridgehead atoms. The molecule has 2 aromatic rings. The van der Waals surface area contributed by atoms with Gasteiger partial charge < -0.3 is 15.4 Å². The third kappa shape index (κ3) is 4.05. The molecule has 0 aliphatic carbocycles. The Hall–Kier alpha value is -1.39. The first-order chi connectivity index (χ1) is 10.3. The minimum Gasteiger partial charge on any atom is -0.395 e. The molecule has 0 aliphatic rings. The van der Waals surface area contributed by atoms with E-state index in [4.69, 9.17) is 10.7 Å². The summed E-state index contributed by atoms with van der Waals surface area (Å²) in [6.07, 6.45) is 5.61. The number of rotatable bonds is 9. The summed E-state index contributed by atoms with van der Waals surface area (Å²) in [5.41, 5.74) is 7.85. The fraction of sp³-hybridized carbons (Fsp3) is 0.588. The molecule has 0 aliphatic heterocycles. The van der Waals surface area contributed by atoms with E-state index in [-0.39, 0.29) is 6.61 Å². The van der Waals surface area contributed by atoms with Crippen LogP contribution in [0.3, 0.4) is 0 Å². The number of hydrogen-bond acceptors (Lipinski definition) is 3. The van der Waals surface area contributed by atoms with E-state index in [9.17, 15) is 5.11 Å². The molecule has 1 aromatic carbocycles. The van der Waals surface area contributed by atoms with Crippen molar-refractivity contribution >= 4 is 11.0 Å². The van der Waals surface area contributed by atoms with Crippen LogP contribution >= 0.6 is 0 Å². The molecule has 0 radical (unpaired) electrons. The lowest BCUT2D eigenvalue weighted by Gasteiger charge is -2.15. The highest BCUT2D eigenvalue weighted by molar-refractivity contribution is 5.75. The van der Waals surface area contributed by atoms with Crippen molar-refractivity contribution in [2.24, 2.45) is 11.7 Å². The SMILES string of the molecule is CCCC(CCN)CCc1nc2ccccc2n1CCO. The molecule has 1 aromatic heterocycles. The molecule has 1 atom stereocenters. The Labute approximate surface area is 127 Å². The number of aryl methyl sites for hydroxylation is 1. The van der Waals surface area contributed by atoms with Gasteiger partial charge in [-0.05, 0) is 37.4 Å². The van der Waals surface area contributed by atoms with Crippen molar-refractivity contribution < 1.29 is 5.11 Å². The number of aromatic nitrogens is 2. The molecule has 4 nitrogen and oxygen atoms in total. The lowest BCUT2D eigenvalue weighted by atomic mass is 9.94. The van der Waals surface area contributed by atoms with Gasteiger partial charge in [-0.15, -0.1) is 0 Å². The zero-order valence-electron chi connectivity index (χ0n) is 13.0. The summed E-state index contributed by atoms with van der Waals surface area (Å²) >= 11 is 0. The largest absolute Gasteiger partial charge is 0.395 e. The minimum absolute atomic E-state index is 0.147. The van der Waals surface area contributed by atoms with E-state index in [0.29, 0.717) is 12.5 Å². The Morgan fingerprint density at radius 1 is 1.24 bits per heavy atom. The standard InChI is InChI=1S/C17H27N3O/c1-2-5-14(10-11-18)8-9-17-19-15-6-3-4-7-16(15)20(17)12-13-21/h3-4,6-7,14,21H,2,5,8-13,18H2,1H3. The van der Waals surface area contributed by atoms with Crippen LogP contribution in [0.2, 0.25) is 0 Å². The second kappa shape index (κ2) is 8.15. The summed E-state index contributed by atoms with van der Waals surface area (Å²) < 4.78 is 2.15. The van der Waals surface area contributed by atoms with Gasteiger partial charge in [0.25, 0.3) is 0 Å². The van der Waals surface area contributed by atoms with Crippen LogP contribution in [-0.2, 0) is 13.0 Å². The molecule has 2 rings (SSSR count). The number of hydrogen-bond donors (Lipinski definition) is 2. The predicted octanol–water partition coefficient (Wildman–Crippen LogP) is 2.73. The molecule has 1 heterocycles. The van der Waals surface area contributed by atoms with E-state index in [0.717, 1.165) is 42.7 Å². The third-order valence-electron chi connectivity index (χ3n) is 4.11. The molecule has 116 valence electrons. The lowest BCUT2D eigenvalue weighted by molar-refractivity contribution is 0.275. The Morgan fingerprint density at radius 3 is 2.76 bits per heavy atom. The van der Waals surface area contributed by atoms with Gasteiger partial charge in [-0.3, -0.25) is 0 Å². The van der Waals surface area contributed by atoms with Crippen molar-refractivity contribution in [3.63, 3.8) is 0 Å². The zero-order chi connectivity index (χ0) is 15.1. The van der Waals surface area contributed by atoms with Gasteiger partial charge in [0.15, 0.2) is 0 Å². The van der Waals surface area contributed by atoms with Crippen molar-refractivity contribution in [3.8, 4) is 0 Å². The molecule has 3 N–H and O–H groups in total. The van der Waals surface area contributed by atoms with E-state index < -0.39 is 0 Å². The van der Waals surface area contributed by atoms with E-state index in [1.165, 1.54) is 12.8 Å². The van der Waals surface area contributed by atoms with E-state index in [1.807, 2.05) is 18.2 Å². The summed E-state index contributed by atoms with van der Waals surface area (Å²) in [5.74, 6) is 1.77. The highest BCUT2D eigenvalue weighted by Crippen LogP contribution is 2.21. The first kappa shape index (κ1) is 16.0. The maximum Gasteiger partial charge on any atom is 0.109 e. The summed E-state index contributed by atoms with van der Waals surface area (Å²) in [7, 11) is 0. The van der Waals surface area contributed by atoms with Crippen molar-refractivity contribution in [2.75, 3.05) is 13.2 Å². The van der Waals surface area contributed by atoms with Crippen LogP contribution in [0.25, 0.3) is 11.0 Å². The number of nitrogens with zero attached hydrogens (tertiary/aromatic N) is 2. The highest BCUT2D eigenvalue weighted by Gasteiger charge is 2.13. The second-order valence-electron chi connectivity index (χ2n) is 5.66. The monoisotopic (exact) mass is 289 g/mol. The van der Waals surface area contributed by atoms with E-state index in [1.54, 1.807) is 0 Å². The molecule has 0 fully saturated rings. The van der Waals surface area contributed by atoms with Crippen LogP contribution in [0.15, 0.2) is 24.3 Å². The molecule has 0 saturated carbocycles. The van der Waals surface area contributed by atoms with Gasteiger partial charge in [0.2, 0.25) is 0 Å². The molecular weight excluding hydrogens is 262 g/mol. The zero-order valence-corrected chi connectivity index (χ0v) is 13.0. The van der Waals surface area contributed by atoms with Crippen molar-refractivity contribution in [2.45, 2.75) is 45.6 Å². The van der Waals surface area contributed by atoms with Gasteiger partial charge in [-0.2, -0.15) is 0 Å². The Morgan fingerprint density at radius 2 is 2.05 bits per heavy atom. The van der Waals surface area contributed by atoms with Gasteiger partial charge >= 0.3 is 0 Å². The molecule has 0 amide bonds. The number of aliphatic hydroxyl groups is 1. The summed E-state index contributed by atoms with van der Waals surface area (Å²) in [6.45, 7) is 3.75. The van der Waals surface area contributed by atoms with Crippen LogP contribution in [-0.4, -0.2) is 27.8 Å². The second-order valence-corrected chi connectivity index (χ2v) is 5.66. The highest BCUT2D eigenvalue weighted by atomic mass is 16.3. The number of para-hydroxylation sites is 2. The average molecular weight is 289 g/mol. The van der Waals surface area contributed by atoms with Crippen LogP contribution in [0.5, 0.6) is 0 Å². The third-order valence-corrected chi connectivity index (χ3v) is 4.11. The predicted molar refractivity (Wildman–Crippen MR) is 87.2 cm³/mol. The molecule has 21 heavy (non-hydrogen) atoms. The van der Waals surface area contributed by atoms with E-state index >= 15 is 0 Å². The number of benzene rings is 1. The topological polar surface area (TPSA) is 64.1 Å². The van der Waals surface area contributed by atoms with Crippen molar-refractivity contribution in [1.29, 1.82) is 0 Å². The first-order valence-corrected chi connectivity index (χ1v) is 8.05. The molecule has 0 spiro atoms. The van der Waals surface area contributed by atoms with Crippen LogP contribution in [0, 0.1) is 5.92 Å². The van der Waals surface area contributed by atoms with Crippen LogP contribution in [0.1, 0.15) is 38.4 Å². The van der Waals surface area contributed by atoms with Crippen molar-refractivity contribution in [1.82, 2.24) is 9.55 Å². The first-order valence-electron chi connectivity index (χ1n) is 8.05. The van der Waals surface area contributed by atoms with Gasteiger partial charge in [0.1, 0.15) is 5.82 Å². The maximum absolute atomic E-state index is 9.30.